The second-order valence-electron chi connectivity index (χ2n) is 7.93. The Kier molecular flexibility index (Phi) is 27.3. The number of phosphoric ester groups is 2. The number of hydrogen-bond donors (Lipinski definition) is 3. The molecule has 16 heteroatoms. The van der Waals surface area contributed by atoms with E-state index in [0.717, 1.165) is 64.9 Å². The van der Waals surface area contributed by atoms with Crippen LogP contribution >= 0.6 is 47.1 Å². The molecular weight excluding hydrogens is 583 g/mol. The van der Waals surface area contributed by atoms with Gasteiger partial charge in [-0.15, -0.1) is 0 Å². The third kappa shape index (κ3) is 27.8. The topological polar surface area (TPSA) is 158 Å². The van der Waals surface area contributed by atoms with E-state index in [4.69, 9.17) is 18.8 Å². The van der Waals surface area contributed by atoms with Crippen molar-refractivity contribution in [3.63, 3.8) is 0 Å². The van der Waals surface area contributed by atoms with Crippen molar-refractivity contribution in [3.8, 4) is 0 Å². The fraction of sp³-hybridized carbons (Fsp3) is 0.905. The number of unbranched alkanes of at least 4 members (excludes halogenated alkanes) is 7. The van der Waals surface area contributed by atoms with Crippen LogP contribution in [-0.4, -0.2) is 67.0 Å². The quantitative estimate of drug-likeness (QED) is 0.0644. The highest BCUT2D eigenvalue weighted by atomic mass is 33.1. The normalized spacial score (nSPS) is 14.4. The molecule has 222 valence electrons. The van der Waals surface area contributed by atoms with E-state index in [0.29, 0.717) is 44.4 Å². The Bertz CT molecular complexity index is 635. The minimum atomic E-state index is -3.88. The molecule has 0 spiro atoms. The fourth-order valence-corrected chi connectivity index (χ4v) is 5.80. The largest absolute Gasteiger partial charge is 0.471 e. The summed E-state index contributed by atoms with van der Waals surface area (Å²) < 4.78 is 40.3. The van der Waals surface area contributed by atoms with Crippen LogP contribution in [0, 0.1) is 0 Å². The maximum absolute atomic E-state index is 11.9. The van der Waals surface area contributed by atoms with Crippen LogP contribution in [0.15, 0.2) is 0 Å². The van der Waals surface area contributed by atoms with Gasteiger partial charge in [0.05, 0.1) is 13.2 Å². The molecular formula is C21H46NO10P3S2. The molecule has 0 radical (unpaired) electrons. The Labute approximate surface area is 232 Å². The minimum absolute atomic E-state index is 0. The van der Waals surface area contributed by atoms with Gasteiger partial charge in [-0.25, -0.2) is 9.13 Å². The van der Waals surface area contributed by atoms with E-state index in [-0.39, 0.29) is 34.8 Å². The minimum Gasteiger partial charge on any atom is -0.356 e. The van der Waals surface area contributed by atoms with Gasteiger partial charge in [0, 0.05) is 51.5 Å². The van der Waals surface area contributed by atoms with Gasteiger partial charge in [-0.05, 0) is 25.7 Å². The van der Waals surface area contributed by atoms with E-state index >= 15 is 0 Å². The molecule has 0 aromatic carbocycles. The van der Waals surface area contributed by atoms with Gasteiger partial charge < -0.3 is 15.1 Å². The smallest absolute Gasteiger partial charge is 0.356 e. The summed E-state index contributed by atoms with van der Waals surface area (Å²) in [6.45, 7) is 0.955. The lowest BCUT2D eigenvalue weighted by atomic mass is 10.1. The average Bonchev–Trinajstić information content (AvgIpc) is 2.84. The Morgan fingerprint density at radius 1 is 0.703 bits per heavy atom. The summed E-state index contributed by atoms with van der Waals surface area (Å²) in [4.78, 5) is 41.9. The third-order valence-corrected chi connectivity index (χ3v) is 9.27. The van der Waals surface area contributed by atoms with Crippen LogP contribution in [0.25, 0.3) is 0 Å². The van der Waals surface area contributed by atoms with Crippen molar-refractivity contribution in [1.82, 2.24) is 5.32 Å². The molecule has 0 fully saturated rings. The molecule has 1 amide bonds. The molecule has 3 N–H and O–H groups in total. The Balaban J connectivity index is 0. The summed E-state index contributed by atoms with van der Waals surface area (Å²) in [5, 5.41) is 2.88. The zero-order valence-electron chi connectivity index (χ0n) is 22.1. The first-order valence-electron chi connectivity index (χ1n) is 12.2. The zero-order valence-corrected chi connectivity index (χ0v) is 26.9. The lowest BCUT2D eigenvalue weighted by molar-refractivity contribution is -0.121. The van der Waals surface area contributed by atoms with Gasteiger partial charge in [-0.2, -0.15) is 9.90 Å². The summed E-state index contributed by atoms with van der Waals surface area (Å²) >= 11 is 0. The number of amides is 1. The van der Waals surface area contributed by atoms with Gasteiger partial charge in [0.2, 0.25) is 5.91 Å². The van der Waals surface area contributed by atoms with Crippen LogP contribution in [0.5, 0.6) is 0 Å². The highest BCUT2D eigenvalue weighted by Crippen LogP contribution is 2.42. The number of Topliss-reactive ketones (excluding diaryl/α,β-unsaturated/α-hetero) is 1. The van der Waals surface area contributed by atoms with E-state index in [1.165, 1.54) is 0 Å². The maximum atomic E-state index is 11.9. The second kappa shape index (κ2) is 25.5. The van der Waals surface area contributed by atoms with Crippen LogP contribution in [0.3, 0.4) is 0 Å². The highest BCUT2D eigenvalue weighted by molar-refractivity contribution is 8.76. The molecule has 0 bridgehead atoms. The summed E-state index contributed by atoms with van der Waals surface area (Å²) in [7, 11) is -2.28. The number of rotatable bonds is 26. The van der Waals surface area contributed by atoms with Gasteiger partial charge in [-0.3, -0.25) is 27.7 Å². The van der Waals surface area contributed by atoms with Crippen molar-refractivity contribution >= 4 is 58.8 Å². The van der Waals surface area contributed by atoms with E-state index in [1.807, 2.05) is 0 Å². The second-order valence-corrected chi connectivity index (χ2v) is 13.8. The molecule has 37 heavy (non-hydrogen) atoms. The molecule has 0 heterocycles. The van der Waals surface area contributed by atoms with Crippen molar-refractivity contribution in [3.05, 3.63) is 0 Å². The maximum Gasteiger partial charge on any atom is 0.471 e. The molecule has 0 aliphatic heterocycles. The number of hydrogen-bond acceptors (Lipinski definition) is 10. The number of phosphoric acid groups is 2. The summed E-state index contributed by atoms with van der Waals surface area (Å²) in [6, 6.07) is 0. The molecule has 0 rings (SSSR count). The highest BCUT2D eigenvalue weighted by Gasteiger charge is 2.18. The van der Waals surface area contributed by atoms with Crippen molar-refractivity contribution in [2.24, 2.45) is 0 Å². The summed E-state index contributed by atoms with van der Waals surface area (Å²) in [6.07, 6.45) is 9.06. The van der Waals surface area contributed by atoms with E-state index in [1.54, 1.807) is 21.6 Å². The van der Waals surface area contributed by atoms with Gasteiger partial charge >= 0.3 is 15.6 Å². The fourth-order valence-electron chi connectivity index (χ4n) is 2.85. The molecule has 0 aliphatic carbocycles. The first-order valence-corrected chi connectivity index (χ1v) is 17.7. The first-order chi connectivity index (χ1) is 17.1. The molecule has 0 aromatic rings. The lowest BCUT2D eigenvalue weighted by Gasteiger charge is -2.08. The summed E-state index contributed by atoms with van der Waals surface area (Å²) in [5.41, 5.74) is 0. The Morgan fingerprint density at radius 3 is 1.70 bits per heavy atom. The number of carbonyl (C=O) groups is 2. The van der Waals surface area contributed by atoms with Gasteiger partial charge in [0.15, 0.2) is 0 Å². The van der Waals surface area contributed by atoms with Crippen molar-refractivity contribution in [2.75, 3.05) is 45.5 Å². The molecule has 0 saturated heterocycles. The molecule has 3 atom stereocenters. The zero-order chi connectivity index (χ0) is 27.1. The van der Waals surface area contributed by atoms with Gasteiger partial charge in [-0.1, -0.05) is 53.7 Å². The third-order valence-electron chi connectivity index (χ3n) is 4.92. The van der Waals surface area contributed by atoms with E-state index in [2.05, 4.69) is 14.4 Å². The summed E-state index contributed by atoms with van der Waals surface area (Å²) in [5.74, 6) is 1.70. The van der Waals surface area contributed by atoms with Crippen LogP contribution < -0.4 is 5.32 Å². The molecule has 0 saturated carbocycles. The molecule has 3 unspecified atom stereocenters. The predicted octanol–water partition coefficient (Wildman–Crippen LogP) is 5.32. The van der Waals surface area contributed by atoms with Crippen molar-refractivity contribution in [2.45, 2.75) is 77.0 Å². The first kappa shape index (κ1) is 39.6. The Hall–Kier alpha value is 0.490. The lowest BCUT2D eigenvalue weighted by Crippen LogP contribution is -2.24. The average molecular weight is 630 g/mol. The van der Waals surface area contributed by atoms with Gasteiger partial charge in [0.1, 0.15) is 5.78 Å². The van der Waals surface area contributed by atoms with E-state index < -0.39 is 15.6 Å². The number of ketones is 1. The van der Waals surface area contributed by atoms with Gasteiger partial charge in [0.25, 0.3) is 0 Å². The van der Waals surface area contributed by atoms with Crippen LogP contribution in [0.4, 0.5) is 0 Å². The molecule has 11 nitrogen and oxygen atoms in total. The standard InChI is InChI=1S/C21H43NO10P2S2.H3P/c1-29-33(25,26)31-16-10-6-3-4-8-12-20(23)13-18-35-36-19-14-21(24)22-15-9-5-7-11-17-32-34(27,28)30-2;/h3-19H2,1-2H3,(H,22,24)(H,25,26)(H,27,28);1H3. The van der Waals surface area contributed by atoms with Crippen LogP contribution in [-0.2, 0) is 36.8 Å². The number of nitrogens with one attached hydrogen (secondary N) is 1. The monoisotopic (exact) mass is 629 g/mol. The SMILES string of the molecule is COP(=O)(O)OCCCCCCCC(=O)CCSSCCC(=O)NCCCCCCOP(=O)(O)OC.P. The molecule has 0 aromatic heterocycles. The predicted molar refractivity (Wildman–Crippen MR) is 155 cm³/mol. The van der Waals surface area contributed by atoms with Crippen LogP contribution in [0.1, 0.15) is 77.0 Å². The van der Waals surface area contributed by atoms with Crippen molar-refractivity contribution < 1.29 is 46.6 Å². The number of carbonyl (C=O) groups excluding carboxylic acids is 2. The van der Waals surface area contributed by atoms with Crippen LogP contribution in [0.2, 0.25) is 0 Å². The Morgan fingerprint density at radius 2 is 1.16 bits per heavy atom. The van der Waals surface area contributed by atoms with E-state index in [9.17, 15) is 18.7 Å². The molecule has 0 aliphatic rings. The van der Waals surface area contributed by atoms with Crippen molar-refractivity contribution in [1.29, 1.82) is 0 Å².